The fourth-order valence-electron chi connectivity index (χ4n) is 2.67. The van der Waals surface area contributed by atoms with Crippen molar-refractivity contribution in [1.29, 1.82) is 5.26 Å². The Balaban J connectivity index is 2.12. The molecular formula is C19H15F3N6O3S. The van der Waals surface area contributed by atoms with E-state index in [0.29, 0.717) is 5.56 Å². The zero-order valence-electron chi connectivity index (χ0n) is 16.9. The molecule has 0 atom stereocenters. The van der Waals surface area contributed by atoms with Crippen LogP contribution in [0.2, 0.25) is 0 Å². The van der Waals surface area contributed by atoms with Gasteiger partial charge in [-0.15, -0.1) is 0 Å². The molecule has 13 heteroatoms. The molecule has 0 aliphatic rings. The van der Waals surface area contributed by atoms with E-state index in [1.165, 1.54) is 44.4 Å². The van der Waals surface area contributed by atoms with Crippen molar-refractivity contribution in [3.63, 3.8) is 0 Å². The van der Waals surface area contributed by atoms with Gasteiger partial charge in [-0.3, -0.25) is 9.71 Å². The van der Waals surface area contributed by atoms with Gasteiger partial charge in [0.2, 0.25) is 21.7 Å². The molecule has 166 valence electrons. The Labute approximate surface area is 181 Å². The first-order chi connectivity index (χ1) is 14.9. The number of alkyl halides is 3. The lowest BCUT2D eigenvalue weighted by Crippen LogP contribution is -2.14. The van der Waals surface area contributed by atoms with Crippen LogP contribution in [0.25, 0.3) is 11.3 Å². The number of sulfonamides is 1. The number of rotatable bonds is 5. The van der Waals surface area contributed by atoms with Crippen LogP contribution in [0.5, 0.6) is 11.6 Å². The van der Waals surface area contributed by atoms with Gasteiger partial charge in [-0.05, 0) is 32.0 Å². The molecule has 0 aliphatic heterocycles. The van der Waals surface area contributed by atoms with E-state index >= 15 is 0 Å². The maximum atomic E-state index is 13.0. The maximum Gasteiger partial charge on any atom is 0.451 e. The number of pyridine rings is 2. The van der Waals surface area contributed by atoms with Gasteiger partial charge in [-0.1, -0.05) is 0 Å². The van der Waals surface area contributed by atoms with E-state index < -0.39 is 22.0 Å². The predicted molar refractivity (Wildman–Crippen MR) is 107 cm³/mol. The van der Waals surface area contributed by atoms with E-state index in [0.717, 1.165) is 6.26 Å². The van der Waals surface area contributed by atoms with Crippen LogP contribution in [0, 0.1) is 25.2 Å². The Bertz CT molecular complexity index is 1310. The molecule has 0 aromatic carbocycles. The molecule has 3 aromatic rings. The van der Waals surface area contributed by atoms with Crippen LogP contribution in [0.4, 0.5) is 18.9 Å². The molecule has 1 N–H and O–H groups in total. The number of ether oxygens (including phenoxy) is 1. The Morgan fingerprint density at radius 3 is 2.31 bits per heavy atom. The van der Waals surface area contributed by atoms with Gasteiger partial charge in [0.15, 0.2) is 5.75 Å². The SMILES string of the molecule is Cc1nc(C(F)(F)F)nc(C)c1Oc1nc(-c2cncc(C#N)c2)ccc1NS(C)(=O)=O. The van der Waals surface area contributed by atoms with E-state index in [4.69, 9.17) is 10.00 Å². The zero-order chi connectivity index (χ0) is 23.7. The lowest BCUT2D eigenvalue weighted by Gasteiger charge is -2.16. The quantitative estimate of drug-likeness (QED) is 0.606. The van der Waals surface area contributed by atoms with Crippen molar-refractivity contribution in [2.45, 2.75) is 20.0 Å². The smallest absolute Gasteiger partial charge is 0.433 e. The third-order valence-corrected chi connectivity index (χ3v) is 4.57. The van der Waals surface area contributed by atoms with Gasteiger partial charge < -0.3 is 4.74 Å². The summed E-state index contributed by atoms with van der Waals surface area (Å²) in [5.41, 5.74) is 0.710. The molecule has 0 aliphatic carbocycles. The van der Waals surface area contributed by atoms with Crippen molar-refractivity contribution in [2.75, 3.05) is 11.0 Å². The average Bonchev–Trinajstić information content (AvgIpc) is 2.69. The molecule has 3 aromatic heterocycles. The lowest BCUT2D eigenvalue weighted by atomic mass is 10.1. The highest BCUT2D eigenvalue weighted by Crippen LogP contribution is 2.35. The second-order valence-corrected chi connectivity index (χ2v) is 8.39. The molecule has 0 spiro atoms. The summed E-state index contributed by atoms with van der Waals surface area (Å²) in [6.45, 7) is 2.60. The molecular weight excluding hydrogens is 449 g/mol. The highest BCUT2D eigenvalue weighted by molar-refractivity contribution is 7.92. The number of hydrogen-bond donors (Lipinski definition) is 1. The number of nitrogens with zero attached hydrogens (tertiary/aromatic N) is 5. The third kappa shape index (κ3) is 5.27. The normalized spacial score (nSPS) is 11.7. The molecule has 0 unspecified atom stereocenters. The van der Waals surface area contributed by atoms with Gasteiger partial charge in [0.05, 0.1) is 28.9 Å². The largest absolute Gasteiger partial charge is 0.451 e. The van der Waals surface area contributed by atoms with Crippen molar-refractivity contribution >= 4 is 15.7 Å². The molecule has 0 radical (unpaired) electrons. The molecule has 0 saturated carbocycles. The van der Waals surface area contributed by atoms with Crippen LogP contribution in [-0.4, -0.2) is 34.6 Å². The number of aryl methyl sites for hydroxylation is 2. The predicted octanol–water partition coefficient (Wildman–Crippen LogP) is 3.60. The van der Waals surface area contributed by atoms with Crippen LogP contribution in [0.1, 0.15) is 22.8 Å². The number of nitrogens with one attached hydrogen (secondary N) is 1. The Morgan fingerprint density at radius 1 is 1.09 bits per heavy atom. The summed E-state index contributed by atoms with van der Waals surface area (Å²) in [7, 11) is -3.73. The van der Waals surface area contributed by atoms with Gasteiger partial charge in [0.1, 0.15) is 11.8 Å². The fraction of sp³-hybridized carbons (Fsp3) is 0.211. The van der Waals surface area contributed by atoms with Crippen LogP contribution in [0.15, 0.2) is 30.6 Å². The van der Waals surface area contributed by atoms with E-state index in [9.17, 15) is 21.6 Å². The molecule has 9 nitrogen and oxygen atoms in total. The number of aromatic nitrogens is 4. The number of anilines is 1. The summed E-state index contributed by atoms with van der Waals surface area (Å²) in [4.78, 5) is 15.1. The summed E-state index contributed by atoms with van der Waals surface area (Å²) in [6, 6.07) is 6.30. The minimum Gasteiger partial charge on any atom is -0.433 e. The van der Waals surface area contributed by atoms with Gasteiger partial charge >= 0.3 is 6.18 Å². The summed E-state index contributed by atoms with van der Waals surface area (Å²) in [6.07, 6.45) is -1.03. The maximum absolute atomic E-state index is 13.0. The standard InChI is InChI=1S/C19H15F3N6O3S/c1-10-16(11(2)26-18(25-10)19(20,21)22)31-17-15(28-32(3,29)30)5-4-14(27-17)13-6-12(7-23)8-24-9-13/h4-6,8-9,28H,1-3H3. The first-order valence-corrected chi connectivity index (χ1v) is 10.7. The third-order valence-electron chi connectivity index (χ3n) is 3.98. The summed E-state index contributed by atoms with van der Waals surface area (Å²) in [5.74, 6) is -1.68. The first-order valence-electron chi connectivity index (χ1n) is 8.82. The van der Waals surface area contributed by atoms with Crippen molar-refractivity contribution in [3.05, 3.63) is 53.4 Å². The first kappa shape index (κ1) is 22.9. The minimum atomic E-state index is -4.74. The highest BCUT2D eigenvalue weighted by atomic mass is 32.2. The summed E-state index contributed by atoms with van der Waals surface area (Å²) >= 11 is 0. The van der Waals surface area contributed by atoms with Crippen LogP contribution in [-0.2, 0) is 16.2 Å². The number of halogens is 3. The van der Waals surface area contributed by atoms with Gasteiger partial charge in [0.25, 0.3) is 0 Å². The zero-order valence-corrected chi connectivity index (χ0v) is 17.7. The number of hydrogen-bond acceptors (Lipinski definition) is 8. The fourth-order valence-corrected chi connectivity index (χ4v) is 3.23. The minimum absolute atomic E-state index is 0.0562. The van der Waals surface area contributed by atoms with Crippen LogP contribution < -0.4 is 9.46 Å². The second-order valence-electron chi connectivity index (χ2n) is 6.64. The van der Waals surface area contributed by atoms with E-state index in [-0.39, 0.29) is 40.0 Å². The molecule has 0 bridgehead atoms. The molecule has 0 saturated heterocycles. The second kappa shape index (κ2) is 8.39. The van der Waals surface area contributed by atoms with Gasteiger partial charge in [0, 0.05) is 18.0 Å². The van der Waals surface area contributed by atoms with Crippen LogP contribution in [0.3, 0.4) is 0 Å². The Morgan fingerprint density at radius 2 is 1.75 bits per heavy atom. The van der Waals surface area contributed by atoms with Crippen molar-refractivity contribution in [1.82, 2.24) is 19.9 Å². The molecule has 0 fully saturated rings. The van der Waals surface area contributed by atoms with E-state index in [2.05, 4.69) is 24.7 Å². The summed E-state index contributed by atoms with van der Waals surface area (Å²) < 4.78 is 70.3. The van der Waals surface area contributed by atoms with Gasteiger partial charge in [-0.25, -0.2) is 23.4 Å². The topological polar surface area (TPSA) is 131 Å². The van der Waals surface area contributed by atoms with Crippen LogP contribution >= 0.6 is 0 Å². The van der Waals surface area contributed by atoms with Crippen molar-refractivity contribution in [2.24, 2.45) is 0 Å². The molecule has 32 heavy (non-hydrogen) atoms. The average molecular weight is 464 g/mol. The Kier molecular flexibility index (Phi) is 6.00. The monoisotopic (exact) mass is 464 g/mol. The lowest BCUT2D eigenvalue weighted by molar-refractivity contribution is -0.145. The number of nitriles is 1. The van der Waals surface area contributed by atoms with Gasteiger partial charge in [-0.2, -0.15) is 18.4 Å². The molecule has 3 rings (SSSR count). The van der Waals surface area contributed by atoms with Crippen molar-refractivity contribution in [3.8, 4) is 29.0 Å². The molecule has 3 heterocycles. The van der Waals surface area contributed by atoms with E-state index in [1.54, 1.807) is 0 Å². The molecule has 0 amide bonds. The highest BCUT2D eigenvalue weighted by Gasteiger charge is 2.36. The van der Waals surface area contributed by atoms with Crippen molar-refractivity contribution < 1.29 is 26.3 Å². The summed E-state index contributed by atoms with van der Waals surface area (Å²) in [5, 5.41) is 9.07. The Hall–Kier alpha value is -3.79. The van der Waals surface area contributed by atoms with E-state index in [1.807, 2.05) is 6.07 Å².